The van der Waals surface area contributed by atoms with Crippen molar-refractivity contribution >= 4 is 17.4 Å². The van der Waals surface area contributed by atoms with Crippen molar-refractivity contribution in [2.45, 2.75) is 149 Å². The number of nitrogens with one attached hydrogen (secondary N) is 1. The zero-order valence-electron chi connectivity index (χ0n) is 23.1. The quantitative estimate of drug-likeness (QED) is 0.226. The van der Waals surface area contributed by atoms with Gasteiger partial charge in [0.05, 0.1) is 11.8 Å². The van der Waals surface area contributed by atoms with Crippen LogP contribution < -0.4 is 0 Å². The number of aliphatic carboxylic acids is 1. The van der Waals surface area contributed by atoms with Crippen molar-refractivity contribution in [1.29, 1.82) is 5.41 Å². The molecule has 1 fully saturated rings. The maximum atomic E-state index is 11.8. The van der Waals surface area contributed by atoms with E-state index in [-0.39, 0.29) is 17.5 Å². The molecule has 0 bridgehead atoms. The van der Waals surface area contributed by atoms with Gasteiger partial charge in [-0.05, 0) is 55.9 Å². The van der Waals surface area contributed by atoms with E-state index in [1.54, 1.807) is 6.08 Å². The van der Waals surface area contributed by atoms with Gasteiger partial charge in [0.1, 0.15) is 0 Å². The summed E-state index contributed by atoms with van der Waals surface area (Å²) < 4.78 is 0. The maximum Gasteiger partial charge on any atom is 0.356 e. The fourth-order valence-electron chi connectivity index (χ4n) is 6.38. The summed E-state index contributed by atoms with van der Waals surface area (Å²) in [6, 6.07) is 0.0175. The van der Waals surface area contributed by atoms with Gasteiger partial charge in [0.15, 0.2) is 5.71 Å². The number of unbranched alkanes of at least 4 members (excludes halogenated alkanes) is 8. The summed E-state index contributed by atoms with van der Waals surface area (Å²) in [5.41, 5.74) is 1.23. The molecule has 2 N–H and O–H groups in total. The highest BCUT2D eigenvalue weighted by Gasteiger charge is 2.31. The summed E-state index contributed by atoms with van der Waals surface area (Å²) in [5.74, 6) is 1.01. The largest absolute Gasteiger partial charge is 0.476 e. The molecule has 0 aromatic carbocycles. The van der Waals surface area contributed by atoms with Crippen LogP contribution in [-0.2, 0) is 4.79 Å². The zero-order chi connectivity index (χ0) is 25.5. The minimum absolute atomic E-state index is 0.0175. The SMILES string of the molecule is CCCCCCCCCCCC1CCC(C2CC(CC)=CC(=N)C(C(=O)O)=N2)CCC(CCC)C1. The molecule has 4 heteroatoms. The van der Waals surface area contributed by atoms with E-state index in [0.717, 1.165) is 37.5 Å². The minimum Gasteiger partial charge on any atom is -0.476 e. The molecule has 1 aliphatic carbocycles. The normalized spacial score (nSPS) is 25.9. The topological polar surface area (TPSA) is 73.5 Å². The van der Waals surface area contributed by atoms with Gasteiger partial charge in [0, 0.05) is 0 Å². The first-order valence-electron chi connectivity index (χ1n) is 15.1. The van der Waals surface area contributed by atoms with Gasteiger partial charge in [-0.3, -0.25) is 10.4 Å². The first kappa shape index (κ1) is 29.8. The molecule has 0 aromatic rings. The minimum atomic E-state index is -1.05. The number of carbonyl (C=O) groups is 1. The van der Waals surface area contributed by atoms with Crippen molar-refractivity contribution < 1.29 is 9.90 Å². The molecule has 4 nitrogen and oxygen atoms in total. The molecule has 2 aliphatic rings. The fraction of sp³-hybridized carbons (Fsp3) is 0.839. The predicted octanol–water partition coefficient (Wildman–Crippen LogP) is 9.17. The second-order valence-corrected chi connectivity index (χ2v) is 11.4. The Kier molecular flexibility index (Phi) is 14.5. The Morgan fingerprint density at radius 1 is 0.886 bits per heavy atom. The average Bonchev–Trinajstić information content (AvgIpc) is 2.99. The van der Waals surface area contributed by atoms with Gasteiger partial charge in [-0.2, -0.15) is 0 Å². The smallest absolute Gasteiger partial charge is 0.356 e. The lowest BCUT2D eigenvalue weighted by Gasteiger charge is -2.33. The zero-order valence-corrected chi connectivity index (χ0v) is 23.1. The van der Waals surface area contributed by atoms with Crippen LogP contribution in [0.5, 0.6) is 0 Å². The van der Waals surface area contributed by atoms with E-state index >= 15 is 0 Å². The van der Waals surface area contributed by atoms with Gasteiger partial charge in [-0.1, -0.05) is 116 Å². The first-order chi connectivity index (χ1) is 17.0. The van der Waals surface area contributed by atoms with E-state index < -0.39 is 5.97 Å². The molecule has 0 radical (unpaired) electrons. The van der Waals surface area contributed by atoms with E-state index in [4.69, 9.17) is 10.4 Å². The Morgan fingerprint density at radius 3 is 2.06 bits per heavy atom. The first-order valence-corrected chi connectivity index (χ1v) is 15.1. The number of aliphatic imine (C=N–C) groups is 1. The number of carboxylic acids is 1. The molecule has 35 heavy (non-hydrogen) atoms. The summed E-state index contributed by atoms with van der Waals surface area (Å²) in [7, 11) is 0. The molecule has 0 aromatic heterocycles. The van der Waals surface area contributed by atoms with E-state index in [9.17, 15) is 9.90 Å². The Bertz CT molecular complexity index is 696. The van der Waals surface area contributed by atoms with Crippen molar-refractivity contribution in [1.82, 2.24) is 0 Å². The highest BCUT2D eigenvalue weighted by Crippen LogP contribution is 2.38. The highest BCUT2D eigenvalue weighted by molar-refractivity contribution is 6.67. The molecule has 200 valence electrons. The molecule has 1 saturated carbocycles. The molecule has 0 amide bonds. The molecule has 4 atom stereocenters. The van der Waals surface area contributed by atoms with Gasteiger partial charge >= 0.3 is 5.97 Å². The van der Waals surface area contributed by atoms with Crippen LogP contribution in [0, 0.1) is 23.2 Å². The summed E-state index contributed by atoms with van der Waals surface area (Å²) in [5, 5.41) is 17.9. The fourth-order valence-corrected chi connectivity index (χ4v) is 6.38. The van der Waals surface area contributed by atoms with Crippen molar-refractivity contribution in [2.75, 3.05) is 0 Å². The molecular formula is C31H54N2O2. The summed E-state index contributed by atoms with van der Waals surface area (Å²) in [6.45, 7) is 6.70. The molecule has 1 aliphatic heterocycles. The molecule has 2 rings (SSSR count). The van der Waals surface area contributed by atoms with Gasteiger partial charge in [0.2, 0.25) is 0 Å². The van der Waals surface area contributed by atoms with Gasteiger partial charge in [-0.25, -0.2) is 4.79 Å². The van der Waals surface area contributed by atoms with Crippen molar-refractivity contribution in [3.05, 3.63) is 11.6 Å². The lowest BCUT2D eigenvalue weighted by atomic mass is 9.74. The molecular weight excluding hydrogens is 432 g/mol. The third-order valence-corrected chi connectivity index (χ3v) is 8.54. The third-order valence-electron chi connectivity index (χ3n) is 8.54. The Balaban J connectivity index is 1.94. The van der Waals surface area contributed by atoms with Crippen LogP contribution in [0.4, 0.5) is 0 Å². The number of carboxylic acid groups (broad SMARTS) is 1. The van der Waals surface area contributed by atoms with Crippen LogP contribution in [-0.4, -0.2) is 28.5 Å². The number of allylic oxidation sites excluding steroid dienone is 1. The Morgan fingerprint density at radius 2 is 1.49 bits per heavy atom. The van der Waals surface area contributed by atoms with Crippen molar-refractivity contribution in [3.63, 3.8) is 0 Å². The van der Waals surface area contributed by atoms with Gasteiger partial charge in [-0.15, -0.1) is 0 Å². The monoisotopic (exact) mass is 486 g/mol. The molecule has 1 heterocycles. The van der Waals surface area contributed by atoms with Crippen LogP contribution in [0.25, 0.3) is 0 Å². The van der Waals surface area contributed by atoms with E-state index in [2.05, 4.69) is 20.8 Å². The van der Waals surface area contributed by atoms with E-state index in [1.807, 2.05) is 0 Å². The standard InChI is InChI=1S/C31H54N2O2/c1-4-7-8-9-10-11-12-13-14-16-26-18-20-27(19-17-25(21-26)15-5-2)29-23-24(6-3)22-28(32)30(33-29)31(34)35/h22,25-27,29,32H,4-21,23H2,1-3H3,(H,34,35). The average molecular weight is 487 g/mol. The molecule has 0 spiro atoms. The Hall–Kier alpha value is -1.45. The second kappa shape index (κ2) is 17.1. The van der Waals surface area contributed by atoms with Crippen LogP contribution in [0.2, 0.25) is 0 Å². The Labute approximate surface area is 216 Å². The van der Waals surface area contributed by atoms with E-state index in [1.165, 1.54) is 102 Å². The van der Waals surface area contributed by atoms with Crippen LogP contribution in [0.3, 0.4) is 0 Å². The van der Waals surface area contributed by atoms with Crippen LogP contribution >= 0.6 is 0 Å². The van der Waals surface area contributed by atoms with Crippen LogP contribution in [0.1, 0.15) is 143 Å². The second-order valence-electron chi connectivity index (χ2n) is 11.4. The predicted molar refractivity (Wildman–Crippen MR) is 150 cm³/mol. The van der Waals surface area contributed by atoms with Crippen molar-refractivity contribution in [3.8, 4) is 0 Å². The summed E-state index contributed by atoms with van der Waals surface area (Å²) in [4.78, 5) is 16.5. The molecule has 0 saturated heterocycles. The number of hydrogen-bond acceptors (Lipinski definition) is 3. The van der Waals surface area contributed by atoms with Gasteiger partial charge < -0.3 is 5.11 Å². The summed E-state index contributed by atoms with van der Waals surface area (Å²) in [6.07, 6.45) is 26.1. The van der Waals surface area contributed by atoms with Crippen molar-refractivity contribution in [2.24, 2.45) is 22.7 Å². The number of hydrogen-bond donors (Lipinski definition) is 2. The van der Waals surface area contributed by atoms with Gasteiger partial charge in [0.25, 0.3) is 0 Å². The van der Waals surface area contributed by atoms with E-state index in [0.29, 0.717) is 5.92 Å². The highest BCUT2D eigenvalue weighted by atomic mass is 16.4. The number of rotatable bonds is 15. The number of nitrogens with zero attached hydrogens (tertiary/aromatic N) is 1. The summed E-state index contributed by atoms with van der Waals surface area (Å²) >= 11 is 0. The lowest BCUT2D eigenvalue weighted by Crippen LogP contribution is -2.28. The third kappa shape index (κ3) is 11.0. The molecule has 4 unspecified atom stereocenters. The maximum absolute atomic E-state index is 11.8. The van der Waals surface area contributed by atoms with Crippen LogP contribution in [0.15, 0.2) is 16.6 Å². The lowest BCUT2D eigenvalue weighted by molar-refractivity contribution is -0.129.